The van der Waals surface area contributed by atoms with E-state index in [9.17, 15) is 0 Å². The Morgan fingerprint density at radius 1 is 1.39 bits per heavy atom. The maximum Gasteiger partial charge on any atom is 0.173 e. The zero-order valence-corrected chi connectivity index (χ0v) is 18.0. The fourth-order valence-electron chi connectivity index (χ4n) is 2.84. The van der Waals surface area contributed by atoms with Crippen molar-refractivity contribution in [3.63, 3.8) is 0 Å². The predicted molar refractivity (Wildman–Crippen MR) is 124 cm³/mol. The van der Waals surface area contributed by atoms with E-state index in [1.54, 1.807) is 31.2 Å². The lowest BCUT2D eigenvalue weighted by Crippen LogP contribution is -2.07. The van der Waals surface area contributed by atoms with E-state index in [2.05, 4.69) is 21.8 Å². The number of rotatable bonds is 6. The summed E-state index contributed by atoms with van der Waals surface area (Å²) in [7, 11) is 0. The lowest BCUT2D eigenvalue weighted by Gasteiger charge is -2.15. The molecule has 0 radical (unpaired) electrons. The van der Waals surface area contributed by atoms with Gasteiger partial charge in [-0.1, -0.05) is 47.9 Å². The van der Waals surface area contributed by atoms with Crippen molar-refractivity contribution in [3.05, 3.63) is 64.7 Å². The third kappa shape index (κ3) is 5.24. The number of aromatic nitrogens is 3. The van der Waals surface area contributed by atoms with Crippen LogP contribution >= 0.6 is 23.4 Å². The first kappa shape index (κ1) is 13.2. The van der Waals surface area contributed by atoms with Crippen molar-refractivity contribution >= 4 is 23.4 Å². The van der Waals surface area contributed by atoms with E-state index < -0.39 is 30.7 Å². The number of ether oxygens (including phenoxy) is 1. The predicted octanol–water partition coefficient (Wildman–Crippen LogP) is 5.19. The molecule has 3 aromatic rings. The molecule has 0 bridgehead atoms. The van der Waals surface area contributed by atoms with E-state index >= 15 is 0 Å². The molecule has 0 amide bonds. The average molecular weight is 463 g/mol. The first-order valence-corrected chi connectivity index (χ1v) is 10.4. The van der Waals surface area contributed by atoms with Crippen LogP contribution in [0.3, 0.4) is 0 Å². The average Bonchev–Trinajstić information content (AvgIpc) is 3.31. The Balaban J connectivity index is 1.75. The number of imidazole rings is 1. The molecule has 7 heteroatoms. The molecule has 1 aliphatic rings. The van der Waals surface area contributed by atoms with Gasteiger partial charge >= 0.3 is 0 Å². The van der Waals surface area contributed by atoms with Gasteiger partial charge in [0.2, 0.25) is 0 Å². The highest BCUT2D eigenvalue weighted by Crippen LogP contribution is 2.36. The van der Waals surface area contributed by atoms with Crippen LogP contribution in [0.15, 0.2) is 48.0 Å². The van der Waals surface area contributed by atoms with Crippen LogP contribution in [0.25, 0.3) is 5.69 Å². The lowest BCUT2D eigenvalue weighted by molar-refractivity contribution is 0.298. The van der Waals surface area contributed by atoms with Gasteiger partial charge in [-0.25, -0.2) is 4.98 Å². The van der Waals surface area contributed by atoms with Gasteiger partial charge in [-0.3, -0.25) is 9.55 Å². The molecule has 4 rings (SSSR count). The highest BCUT2D eigenvalue weighted by atomic mass is 35.5. The number of aryl methyl sites for hydroxylation is 1. The van der Waals surface area contributed by atoms with E-state index in [0.717, 1.165) is 5.56 Å². The molecule has 0 saturated heterocycles. The molecular weight excluding hydrogens is 430 g/mol. The largest absolute Gasteiger partial charge is 0.486 e. The van der Waals surface area contributed by atoms with Crippen LogP contribution in [-0.2, 0) is 6.61 Å². The Bertz CT molecular complexity index is 1460. The topological polar surface area (TPSA) is 60.2 Å². The fraction of sp³-hybridized carbons (Fsp3) is 0.333. The molecule has 0 spiro atoms. The van der Waals surface area contributed by atoms with Crippen molar-refractivity contribution in [1.82, 2.24) is 14.5 Å². The molecule has 5 nitrogen and oxygen atoms in total. The van der Waals surface area contributed by atoms with Gasteiger partial charge in [-0.05, 0) is 49.5 Å². The minimum Gasteiger partial charge on any atom is -0.486 e. The molecule has 1 N–H and O–H groups in total. The van der Waals surface area contributed by atoms with Crippen LogP contribution in [0, 0.1) is 18.8 Å². The third-order valence-electron chi connectivity index (χ3n) is 4.27. The highest BCUT2D eigenvalue weighted by molar-refractivity contribution is 7.99. The van der Waals surface area contributed by atoms with Crippen molar-refractivity contribution in [2.24, 2.45) is 0 Å². The first-order valence-electron chi connectivity index (χ1n) is 13.7. The molecule has 2 heterocycles. The van der Waals surface area contributed by atoms with E-state index in [1.807, 2.05) is 0 Å². The van der Waals surface area contributed by atoms with Crippen LogP contribution in [0.5, 0.6) is 5.75 Å². The number of thioether (sulfide) groups is 1. The fourth-order valence-corrected chi connectivity index (χ4v) is 3.86. The third-order valence-corrected chi connectivity index (χ3v) is 5.45. The number of benzene rings is 1. The molecule has 1 saturated carbocycles. The Morgan fingerprint density at radius 2 is 2.23 bits per heavy atom. The van der Waals surface area contributed by atoms with Crippen molar-refractivity contribution in [2.45, 2.75) is 49.4 Å². The Morgan fingerprint density at radius 3 is 2.97 bits per heavy atom. The number of aliphatic hydroxyl groups excluding tert-OH is 1. The van der Waals surface area contributed by atoms with E-state index in [4.69, 9.17) is 33.8 Å². The summed E-state index contributed by atoms with van der Waals surface area (Å²) in [5.74, 6) is 5.69. The minimum atomic E-state index is -3.32. The molecule has 0 atom stereocenters. The molecule has 1 aromatic carbocycles. The zero-order chi connectivity index (χ0) is 29.7. The minimum absolute atomic E-state index is 0.0836. The maximum absolute atomic E-state index is 8.95. The van der Waals surface area contributed by atoms with Crippen LogP contribution in [0.2, 0.25) is 5.02 Å². The number of nitrogens with zero attached hydrogens (tertiary/aromatic N) is 3. The molecule has 31 heavy (non-hydrogen) atoms. The van der Waals surface area contributed by atoms with Gasteiger partial charge in [-0.15, -0.1) is 0 Å². The van der Waals surface area contributed by atoms with Crippen molar-refractivity contribution in [2.75, 3.05) is 6.61 Å². The van der Waals surface area contributed by atoms with Crippen molar-refractivity contribution < 1.29 is 22.2 Å². The lowest BCUT2D eigenvalue weighted by atomic mass is 10.1. The van der Waals surface area contributed by atoms with E-state index in [-0.39, 0.29) is 23.4 Å². The van der Waals surface area contributed by atoms with E-state index in [0.29, 0.717) is 34.5 Å². The van der Waals surface area contributed by atoms with Gasteiger partial charge in [0, 0.05) is 29.3 Å². The maximum atomic E-state index is 8.95. The Kier molecular flexibility index (Phi) is 4.35. The van der Waals surface area contributed by atoms with Gasteiger partial charge in [0.15, 0.2) is 5.16 Å². The molecule has 1 aliphatic carbocycles. The standard InChI is InChI=1S/C24H24ClN3O2S/c1-17-12-23(22(25)13-18(17)6-5-11-29)30-16-20-15-27-24(31-21-8-2-3-9-21)28(20)19-7-4-10-26-14-19/h4,7,10,12-15,21,29H,2-3,8-9,11,16H2,1H3/i2D2,3D2,8D2,9D2,21D. The van der Waals surface area contributed by atoms with Crippen LogP contribution in [0.1, 0.15) is 54.6 Å². The second kappa shape index (κ2) is 10.2. The molecule has 1 fully saturated rings. The van der Waals surface area contributed by atoms with Gasteiger partial charge in [0.05, 0.1) is 28.8 Å². The SMILES string of the molecule is [2H]C1([2H])C([2H])([2H])C([2H])([2H])C([2H])(Sc2ncc(COc3cc(C)c(C#CCO)cc3Cl)n2-c2cccnc2)C1([2H])[2H]. The van der Waals surface area contributed by atoms with Crippen molar-refractivity contribution in [3.8, 4) is 23.3 Å². The number of hydrogen-bond acceptors (Lipinski definition) is 5. The van der Waals surface area contributed by atoms with Gasteiger partial charge in [-0.2, -0.15) is 0 Å². The summed E-state index contributed by atoms with van der Waals surface area (Å²) in [5.41, 5.74) is 2.18. The Labute approximate surface area is 204 Å². The Hall–Kier alpha value is -2.46. The summed E-state index contributed by atoms with van der Waals surface area (Å²) in [6.07, 6.45) is -8.79. The van der Waals surface area contributed by atoms with Gasteiger partial charge in [0.1, 0.15) is 19.0 Å². The van der Waals surface area contributed by atoms with Gasteiger partial charge in [0.25, 0.3) is 0 Å². The van der Waals surface area contributed by atoms with Gasteiger partial charge < -0.3 is 9.84 Å². The number of pyridine rings is 1. The summed E-state index contributed by atoms with van der Waals surface area (Å²) in [6.45, 7) is 1.38. The highest BCUT2D eigenvalue weighted by Gasteiger charge is 2.21. The van der Waals surface area contributed by atoms with Crippen LogP contribution < -0.4 is 4.74 Å². The summed E-state index contributed by atoms with van der Waals surface area (Å²) in [6, 6.07) is 6.56. The quantitative estimate of drug-likeness (QED) is 0.511. The van der Waals surface area contributed by atoms with Crippen LogP contribution in [-0.4, -0.2) is 31.5 Å². The normalized spacial score (nSPS) is 25.6. The zero-order valence-electron chi connectivity index (χ0n) is 25.4. The molecule has 0 aliphatic heterocycles. The first-order chi connectivity index (χ1) is 18.5. The molecule has 0 unspecified atom stereocenters. The smallest absolute Gasteiger partial charge is 0.173 e. The molecule has 160 valence electrons. The summed E-state index contributed by atoms with van der Waals surface area (Å²) in [4.78, 5) is 8.36. The molecular formula is C24H24ClN3O2S. The summed E-state index contributed by atoms with van der Waals surface area (Å²) < 4.78 is 82.1. The second-order valence-electron chi connectivity index (χ2n) is 6.36. The van der Waals surface area contributed by atoms with Crippen molar-refractivity contribution in [1.29, 1.82) is 0 Å². The number of hydrogen-bond donors (Lipinski definition) is 1. The second-order valence-corrected chi connectivity index (χ2v) is 7.74. The summed E-state index contributed by atoms with van der Waals surface area (Å²) in [5, 5.41) is 6.16. The number of halogens is 1. The monoisotopic (exact) mass is 462 g/mol. The van der Waals surface area contributed by atoms with Crippen LogP contribution in [0.4, 0.5) is 0 Å². The van der Waals surface area contributed by atoms with E-state index in [1.165, 1.54) is 23.2 Å². The summed E-state index contributed by atoms with van der Waals surface area (Å²) >= 11 is 6.68. The number of aliphatic hydroxyl groups is 1. The molecule has 2 aromatic heterocycles.